The van der Waals surface area contributed by atoms with Gasteiger partial charge in [-0.25, -0.2) is 4.98 Å². The van der Waals surface area contributed by atoms with Gasteiger partial charge in [0.2, 0.25) is 11.8 Å². The SMILES string of the molecule is O=C(COCc1ccccc1Cl)NCc1ncc(-c2ccccc2)o1. The Balaban J connectivity index is 1.44. The van der Waals surface area contributed by atoms with Crippen LogP contribution in [-0.2, 0) is 22.7 Å². The van der Waals surface area contributed by atoms with E-state index in [1.807, 2.05) is 48.5 Å². The lowest BCUT2D eigenvalue weighted by atomic mass is 10.2. The van der Waals surface area contributed by atoms with E-state index in [1.54, 1.807) is 12.3 Å². The number of rotatable bonds is 7. The van der Waals surface area contributed by atoms with E-state index >= 15 is 0 Å². The number of hydrogen-bond donors (Lipinski definition) is 1. The minimum atomic E-state index is -0.244. The van der Waals surface area contributed by atoms with E-state index in [2.05, 4.69) is 10.3 Å². The van der Waals surface area contributed by atoms with Gasteiger partial charge in [0.1, 0.15) is 6.61 Å². The molecule has 2 aromatic carbocycles. The van der Waals surface area contributed by atoms with Gasteiger partial charge in [0, 0.05) is 10.6 Å². The fourth-order valence-electron chi connectivity index (χ4n) is 2.22. The second kappa shape index (κ2) is 8.46. The first-order valence-electron chi connectivity index (χ1n) is 7.80. The van der Waals surface area contributed by atoms with Crippen LogP contribution in [0.15, 0.2) is 65.2 Å². The summed E-state index contributed by atoms with van der Waals surface area (Å²) < 4.78 is 11.0. The predicted octanol–water partition coefficient (Wildman–Crippen LogP) is 3.83. The van der Waals surface area contributed by atoms with Crippen molar-refractivity contribution < 1.29 is 13.9 Å². The minimum absolute atomic E-state index is 0.0581. The first kappa shape index (κ1) is 17.2. The number of ether oxygens (including phenoxy) is 1. The molecule has 6 heteroatoms. The van der Waals surface area contributed by atoms with Gasteiger partial charge in [0.15, 0.2) is 5.76 Å². The Morgan fingerprint density at radius 3 is 2.68 bits per heavy atom. The van der Waals surface area contributed by atoms with E-state index in [-0.39, 0.29) is 25.7 Å². The van der Waals surface area contributed by atoms with Crippen LogP contribution in [0.4, 0.5) is 0 Å². The number of halogens is 1. The van der Waals surface area contributed by atoms with E-state index < -0.39 is 0 Å². The molecule has 3 rings (SSSR count). The molecule has 1 N–H and O–H groups in total. The summed E-state index contributed by atoms with van der Waals surface area (Å²) in [6.07, 6.45) is 1.64. The lowest BCUT2D eigenvalue weighted by Gasteiger charge is -2.06. The smallest absolute Gasteiger partial charge is 0.246 e. The largest absolute Gasteiger partial charge is 0.439 e. The molecule has 0 fully saturated rings. The Bertz CT molecular complexity index is 833. The van der Waals surface area contributed by atoms with Gasteiger partial charge in [0.25, 0.3) is 0 Å². The molecule has 0 spiro atoms. The van der Waals surface area contributed by atoms with Crippen LogP contribution < -0.4 is 5.32 Å². The quantitative estimate of drug-likeness (QED) is 0.698. The number of aromatic nitrogens is 1. The molecule has 5 nitrogen and oxygen atoms in total. The van der Waals surface area contributed by atoms with Gasteiger partial charge < -0.3 is 14.5 Å². The monoisotopic (exact) mass is 356 g/mol. The van der Waals surface area contributed by atoms with E-state index in [4.69, 9.17) is 20.8 Å². The molecular formula is C19H17ClN2O3. The first-order chi connectivity index (χ1) is 12.2. The van der Waals surface area contributed by atoms with Gasteiger partial charge in [-0.15, -0.1) is 0 Å². The van der Waals surface area contributed by atoms with Crippen molar-refractivity contribution in [3.63, 3.8) is 0 Å². The second-order valence-corrected chi connectivity index (χ2v) is 5.75. The minimum Gasteiger partial charge on any atom is -0.439 e. The summed E-state index contributed by atoms with van der Waals surface area (Å²) in [7, 11) is 0. The normalized spacial score (nSPS) is 10.6. The van der Waals surface area contributed by atoms with Crippen molar-refractivity contribution in [1.29, 1.82) is 0 Å². The fraction of sp³-hybridized carbons (Fsp3) is 0.158. The summed E-state index contributed by atoms with van der Waals surface area (Å²) in [4.78, 5) is 16.0. The molecule has 0 atom stereocenters. The number of hydrogen-bond acceptors (Lipinski definition) is 4. The highest BCUT2D eigenvalue weighted by Crippen LogP contribution is 2.19. The molecule has 128 valence electrons. The van der Waals surface area contributed by atoms with Crippen molar-refractivity contribution in [3.8, 4) is 11.3 Å². The van der Waals surface area contributed by atoms with Gasteiger partial charge in [0.05, 0.1) is 19.3 Å². The maximum absolute atomic E-state index is 11.8. The molecule has 1 aromatic heterocycles. The van der Waals surface area contributed by atoms with Crippen molar-refractivity contribution in [1.82, 2.24) is 10.3 Å². The highest BCUT2D eigenvalue weighted by Gasteiger charge is 2.08. The lowest BCUT2D eigenvalue weighted by Crippen LogP contribution is -2.27. The molecule has 0 saturated heterocycles. The number of oxazole rings is 1. The number of carbonyl (C=O) groups is 1. The third-order valence-electron chi connectivity index (χ3n) is 3.50. The van der Waals surface area contributed by atoms with Crippen LogP contribution in [-0.4, -0.2) is 17.5 Å². The summed E-state index contributed by atoms with van der Waals surface area (Å²) in [6, 6.07) is 17.0. The van der Waals surface area contributed by atoms with Crippen LogP contribution in [0.5, 0.6) is 0 Å². The topological polar surface area (TPSA) is 64.4 Å². The van der Waals surface area contributed by atoms with Crippen LogP contribution >= 0.6 is 11.6 Å². The first-order valence-corrected chi connectivity index (χ1v) is 8.18. The average Bonchev–Trinajstić information content (AvgIpc) is 3.11. The van der Waals surface area contributed by atoms with E-state index in [0.29, 0.717) is 16.7 Å². The van der Waals surface area contributed by atoms with Gasteiger partial charge in [-0.05, 0) is 11.6 Å². The molecule has 0 aliphatic heterocycles. The second-order valence-electron chi connectivity index (χ2n) is 5.35. The van der Waals surface area contributed by atoms with Crippen molar-refractivity contribution in [2.75, 3.05) is 6.61 Å². The molecule has 0 aliphatic carbocycles. The predicted molar refractivity (Wildman–Crippen MR) is 94.9 cm³/mol. The van der Waals surface area contributed by atoms with Crippen LogP contribution in [0.3, 0.4) is 0 Å². The molecule has 0 unspecified atom stereocenters. The Morgan fingerprint density at radius 1 is 1.12 bits per heavy atom. The third kappa shape index (κ3) is 4.92. The zero-order chi connectivity index (χ0) is 17.5. The summed E-state index contributed by atoms with van der Waals surface area (Å²) >= 11 is 6.03. The molecule has 0 aliphatic rings. The number of nitrogens with one attached hydrogen (secondary N) is 1. The summed E-state index contributed by atoms with van der Waals surface area (Å²) in [5.74, 6) is 0.865. The van der Waals surface area contributed by atoms with Crippen molar-refractivity contribution in [2.45, 2.75) is 13.2 Å². The number of amides is 1. The zero-order valence-electron chi connectivity index (χ0n) is 13.4. The van der Waals surface area contributed by atoms with Crippen LogP contribution in [0.25, 0.3) is 11.3 Å². The zero-order valence-corrected chi connectivity index (χ0v) is 14.2. The molecule has 1 heterocycles. The Morgan fingerprint density at radius 2 is 1.88 bits per heavy atom. The van der Waals surface area contributed by atoms with E-state index in [9.17, 15) is 4.79 Å². The van der Waals surface area contributed by atoms with E-state index in [1.165, 1.54) is 0 Å². The third-order valence-corrected chi connectivity index (χ3v) is 3.87. The highest BCUT2D eigenvalue weighted by molar-refractivity contribution is 6.31. The average molecular weight is 357 g/mol. The summed E-state index contributed by atoms with van der Waals surface area (Å²) in [6.45, 7) is 0.433. The van der Waals surface area contributed by atoms with Gasteiger partial charge in [-0.1, -0.05) is 60.1 Å². The van der Waals surface area contributed by atoms with E-state index in [0.717, 1.165) is 11.1 Å². The molecule has 3 aromatic rings. The van der Waals surface area contributed by atoms with Gasteiger partial charge in [-0.2, -0.15) is 0 Å². The van der Waals surface area contributed by atoms with Crippen LogP contribution in [0.1, 0.15) is 11.5 Å². The highest BCUT2D eigenvalue weighted by atomic mass is 35.5. The summed E-state index contributed by atoms with van der Waals surface area (Å²) in [5, 5.41) is 3.33. The van der Waals surface area contributed by atoms with Crippen molar-refractivity contribution in [3.05, 3.63) is 77.3 Å². The number of benzene rings is 2. The Hall–Kier alpha value is -2.63. The number of nitrogens with zero attached hydrogens (tertiary/aromatic N) is 1. The molecule has 0 radical (unpaired) electrons. The van der Waals surface area contributed by atoms with Gasteiger partial charge in [-0.3, -0.25) is 4.79 Å². The molecule has 0 bridgehead atoms. The van der Waals surface area contributed by atoms with Crippen LogP contribution in [0.2, 0.25) is 5.02 Å². The van der Waals surface area contributed by atoms with Crippen molar-refractivity contribution >= 4 is 17.5 Å². The Kier molecular flexibility index (Phi) is 5.82. The molecule has 0 saturated carbocycles. The van der Waals surface area contributed by atoms with Crippen molar-refractivity contribution in [2.24, 2.45) is 0 Å². The van der Waals surface area contributed by atoms with Gasteiger partial charge >= 0.3 is 0 Å². The lowest BCUT2D eigenvalue weighted by molar-refractivity contribution is -0.126. The Labute approximate surface area is 150 Å². The molecular weight excluding hydrogens is 340 g/mol. The maximum Gasteiger partial charge on any atom is 0.246 e. The van der Waals surface area contributed by atoms with Crippen LogP contribution in [0, 0.1) is 0 Å². The fourth-order valence-corrected chi connectivity index (χ4v) is 2.41. The summed E-state index contributed by atoms with van der Waals surface area (Å²) in [5.41, 5.74) is 1.79. The standard InChI is InChI=1S/C19H17ClN2O3/c20-16-9-5-4-8-15(16)12-24-13-18(23)21-11-19-22-10-17(25-19)14-6-2-1-3-7-14/h1-10H,11-13H2,(H,21,23). The maximum atomic E-state index is 11.8. The number of carbonyl (C=O) groups excluding carboxylic acids is 1. The molecule has 1 amide bonds. The molecule has 25 heavy (non-hydrogen) atoms.